The van der Waals surface area contributed by atoms with Crippen LogP contribution >= 0.6 is 0 Å². The van der Waals surface area contributed by atoms with Gasteiger partial charge in [-0.15, -0.1) is 0 Å². The summed E-state index contributed by atoms with van der Waals surface area (Å²) in [6, 6.07) is 70.0. The van der Waals surface area contributed by atoms with Gasteiger partial charge in [-0.3, -0.25) is 0 Å². The van der Waals surface area contributed by atoms with Gasteiger partial charge in [0.25, 0.3) is 0 Å². The van der Waals surface area contributed by atoms with Gasteiger partial charge in [-0.25, -0.2) is 4.39 Å². The fourth-order valence-corrected chi connectivity index (χ4v) is 9.04. The van der Waals surface area contributed by atoms with Crippen LogP contribution in [0.5, 0.6) is 0 Å². The largest absolute Gasteiger partial charge is 0.456 e. The molecule has 3 heterocycles. The maximum atomic E-state index is 14.5. The zero-order valence-corrected chi connectivity index (χ0v) is 31.2. The summed E-state index contributed by atoms with van der Waals surface area (Å²) in [5, 5.41) is 6.40. The predicted molar refractivity (Wildman–Crippen MR) is 239 cm³/mol. The molecular weight excluding hydrogens is 712 g/mol. The van der Waals surface area contributed by atoms with Crippen molar-refractivity contribution in [1.29, 1.82) is 0 Å². The van der Waals surface area contributed by atoms with E-state index in [1.807, 2.05) is 6.07 Å². The lowest BCUT2D eigenvalue weighted by Crippen LogP contribution is -1.94. The molecule has 58 heavy (non-hydrogen) atoms. The van der Waals surface area contributed by atoms with Gasteiger partial charge >= 0.3 is 0 Å². The van der Waals surface area contributed by atoms with E-state index in [4.69, 9.17) is 4.42 Å². The van der Waals surface area contributed by atoms with Crippen molar-refractivity contribution in [2.75, 3.05) is 0 Å². The summed E-state index contributed by atoms with van der Waals surface area (Å²) < 4.78 is 25.3. The minimum Gasteiger partial charge on any atom is -0.456 e. The van der Waals surface area contributed by atoms with Gasteiger partial charge in [-0.1, -0.05) is 103 Å². The van der Waals surface area contributed by atoms with Crippen LogP contribution in [-0.4, -0.2) is 9.13 Å². The van der Waals surface area contributed by atoms with Gasteiger partial charge in [-0.2, -0.15) is 0 Å². The number of fused-ring (bicyclic) bond motifs is 9. The van der Waals surface area contributed by atoms with Gasteiger partial charge in [0.15, 0.2) is 0 Å². The highest BCUT2D eigenvalue weighted by Crippen LogP contribution is 2.41. The molecule has 0 amide bonds. The Balaban J connectivity index is 1.08. The zero-order chi connectivity index (χ0) is 38.3. The minimum atomic E-state index is -0.280. The lowest BCUT2D eigenvalue weighted by molar-refractivity contribution is 0.626. The summed E-state index contributed by atoms with van der Waals surface area (Å²) in [6.07, 6.45) is 0. The fraction of sp³-hybridized carbons (Fsp3) is 0. The number of hydrogen-bond acceptors (Lipinski definition) is 1. The van der Waals surface area contributed by atoms with Gasteiger partial charge < -0.3 is 13.6 Å². The zero-order valence-electron chi connectivity index (χ0n) is 31.2. The molecule has 0 atom stereocenters. The van der Waals surface area contributed by atoms with Gasteiger partial charge in [0.2, 0.25) is 0 Å². The standard InChI is InChI=1S/C54H33FN2O/c55-40-20-26-53-47(32-40)48-33-42(21-27-54(48)58-53)57-51-23-17-37(35-12-6-2-7-13-35)29-44(51)46-31-39(19-25-52(46)57)38-18-24-50-45(30-38)43-28-36(34-10-4-1-5-11-34)16-22-49(43)56(50)41-14-8-3-9-15-41/h1-33H. The molecule has 12 aromatic rings. The molecule has 0 fully saturated rings. The summed E-state index contributed by atoms with van der Waals surface area (Å²) in [6.45, 7) is 0. The molecule has 12 rings (SSSR count). The number of furan rings is 1. The highest BCUT2D eigenvalue weighted by molar-refractivity contribution is 6.14. The second-order valence-corrected chi connectivity index (χ2v) is 15.1. The van der Waals surface area contributed by atoms with E-state index in [2.05, 4.69) is 185 Å². The molecule has 9 aromatic carbocycles. The number of rotatable bonds is 5. The van der Waals surface area contributed by atoms with Gasteiger partial charge in [0, 0.05) is 43.7 Å². The van der Waals surface area contributed by atoms with Crippen molar-refractivity contribution in [2.45, 2.75) is 0 Å². The summed E-state index contributed by atoms with van der Waals surface area (Å²) >= 11 is 0. The van der Waals surface area contributed by atoms with Crippen molar-refractivity contribution in [3.8, 4) is 44.8 Å². The molecule has 3 aromatic heterocycles. The Morgan fingerprint density at radius 1 is 0.293 bits per heavy atom. The molecule has 3 nitrogen and oxygen atoms in total. The van der Waals surface area contributed by atoms with E-state index >= 15 is 0 Å². The molecule has 272 valence electrons. The molecule has 0 bridgehead atoms. The van der Waals surface area contributed by atoms with E-state index in [1.165, 1.54) is 44.6 Å². The van der Waals surface area contributed by atoms with Crippen LogP contribution in [0, 0.1) is 5.82 Å². The summed E-state index contributed by atoms with van der Waals surface area (Å²) in [5.74, 6) is -0.280. The highest BCUT2D eigenvalue weighted by atomic mass is 19.1. The smallest absolute Gasteiger partial charge is 0.135 e. The number of nitrogens with zero attached hydrogens (tertiary/aromatic N) is 2. The monoisotopic (exact) mass is 744 g/mol. The van der Waals surface area contributed by atoms with Gasteiger partial charge in [0.05, 0.1) is 22.1 Å². The van der Waals surface area contributed by atoms with Crippen molar-refractivity contribution in [1.82, 2.24) is 9.13 Å². The SMILES string of the molecule is Fc1ccc2oc3ccc(-n4c5ccc(-c6ccccc6)cc5c5cc(-c6ccc7c(c6)c6cc(-c8ccccc8)ccc6n7-c6ccccc6)ccc54)cc3c2c1. The van der Waals surface area contributed by atoms with Crippen LogP contribution in [0.3, 0.4) is 0 Å². The summed E-state index contributed by atoms with van der Waals surface area (Å²) in [4.78, 5) is 0. The second-order valence-electron chi connectivity index (χ2n) is 15.1. The van der Waals surface area contributed by atoms with Gasteiger partial charge in [0.1, 0.15) is 17.0 Å². The number of para-hydroxylation sites is 1. The van der Waals surface area contributed by atoms with Gasteiger partial charge in [-0.05, 0) is 130 Å². The van der Waals surface area contributed by atoms with Crippen molar-refractivity contribution in [3.05, 3.63) is 206 Å². The average molecular weight is 745 g/mol. The third-order valence-electron chi connectivity index (χ3n) is 11.8. The molecule has 0 unspecified atom stereocenters. The quantitative estimate of drug-likeness (QED) is 0.172. The Labute approximate surface area is 333 Å². The molecule has 0 N–H and O–H groups in total. The minimum absolute atomic E-state index is 0.280. The van der Waals surface area contributed by atoms with E-state index in [0.29, 0.717) is 5.58 Å². The molecule has 4 heteroatoms. The Bertz CT molecular complexity index is 3560. The van der Waals surface area contributed by atoms with E-state index in [1.54, 1.807) is 12.1 Å². The van der Waals surface area contributed by atoms with Crippen LogP contribution in [-0.2, 0) is 0 Å². The first-order chi connectivity index (χ1) is 28.6. The Morgan fingerprint density at radius 2 is 0.690 bits per heavy atom. The lowest BCUT2D eigenvalue weighted by atomic mass is 9.98. The summed E-state index contributed by atoms with van der Waals surface area (Å²) in [7, 11) is 0. The predicted octanol–water partition coefficient (Wildman–Crippen LogP) is 14.9. The molecular formula is C54H33FN2O. The fourth-order valence-electron chi connectivity index (χ4n) is 9.04. The van der Waals surface area contributed by atoms with Crippen molar-refractivity contribution >= 4 is 65.6 Å². The molecule has 0 aliphatic heterocycles. The van der Waals surface area contributed by atoms with Crippen molar-refractivity contribution in [3.63, 3.8) is 0 Å². The molecule has 0 saturated heterocycles. The number of benzene rings is 9. The lowest BCUT2D eigenvalue weighted by Gasteiger charge is -2.10. The third kappa shape index (κ3) is 5.05. The van der Waals surface area contributed by atoms with Crippen LogP contribution in [0.25, 0.3) is 110 Å². The maximum Gasteiger partial charge on any atom is 0.135 e. The van der Waals surface area contributed by atoms with E-state index in [-0.39, 0.29) is 5.82 Å². The van der Waals surface area contributed by atoms with Crippen LogP contribution in [0.4, 0.5) is 4.39 Å². The molecule has 0 radical (unpaired) electrons. The first-order valence-electron chi connectivity index (χ1n) is 19.6. The Hall–Kier alpha value is -7.69. The van der Waals surface area contributed by atoms with E-state index in [0.717, 1.165) is 66.2 Å². The van der Waals surface area contributed by atoms with E-state index in [9.17, 15) is 4.39 Å². The Morgan fingerprint density at radius 3 is 1.17 bits per heavy atom. The molecule has 0 saturated carbocycles. The number of aromatic nitrogens is 2. The first kappa shape index (κ1) is 32.5. The van der Waals surface area contributed by atoms with Crippen LogP contribution in [0.2, 0.25) is 0 Å². The van der Waals surface area contributed by atoms with Crippen LogP contribution in [0.1, 0.15) is 0 Å². The molecule has 0 aliphatic rings. The van der Waals surface area contributed by atoms with Crippen molar-refractivity contribution in [2.24, 2.45) is 0 Å². The third-order valence-corrected chi connectivity index (χ3v) is 11.8. The average Bonchev–Trinajstić information content (AvgIpc) is 3.93. The maximum absolute atomic E-state index is 14.5. The highest BCUT2D eigenvalue weighted by Gasteiger charge is 2.19. The second kappa shape index (κ2) is 12.7. The normalized spacial score (nSPS) is 11.9. The molecule has 0 aliphatic carbocycles. The van der Waals surface area contributed by atoms with Crippen molar-refractivity contribution < 1.29 is 8.81 Å². The number of halogens is 1. The van der Waals surface area contributed by atoms with E-state index < -0.39 is 0 Å². The molecule has 0 spiro atoms. The number of hydrogen-bond donors (Lipinski definition) is 0. The first-order valence-corrected chi connectivity index (χ1v) is 19.6. The topological polar surface area (TPSA) is 23.0 Å². The van der Waals surface area contributed by atoms with Crippen LogP contribution < -0.4 is 0 Å². The summed E-state index contributed by atoms with van der Waals surface area (Å²) in [5.41, 5.74) is 15.1. The van der Waals surface area contributed by atoms with Crippen LogP contribution in [0.15, 0.2) is 205 Å². The Kier molecular flexibility index (Phi) is 7.11.